The van der Waals surface area contributed by atoms with Crippen LogP contribution >= 0.6 is 11.3 Å². The molecular formula is C14H12N4O2S. The van der Waals surface area contributed by atoms with Gasteiger partial charge in [0.15, 0.2) is 5.13 Å². The minimum atomic E-state index is -0.484. The molecule has 0 spiro atoms. The van der Waals surface area contributed by atoms with Crippen LogP contribution in [0.25, 0.3) is 10.8 Å². The third-order valence-electron chi connectivity index (χ3n) is 3.11. The number of hydrogen-bond donors (Lipinski definition) is 2. The van der Waals surface area contributed by atoms with Crippen molar-refractivity contribution in [2.24, 2.45) is 5.73 Å². The fourth-order valence-corrected chi connectivity index (χ4v) is 2.82. The van der Waals surface area contributed by atoms with Crippen molar-refractivity contribution in [3.63, 3.8) is 0 Å². The number of rotatable bonds is 4. The Kier molecular flexibility index (Phi) is 3.51. The number of thiazole rings is 1. The summed E-state index contributed by atoms with van der Waals surface area (Å²) in [5.74, 6) is 0. The van der Waals surface area contributed by atoms with Crippen LogP contribution in [-0.2, 0) is 0 Å². The quantitative estimate of drug-likeness (QED) is 0.438. The minimum Gasteiger partial charge on any atom is -0.342 e. The summed E-state index contributed by atoms with van der Waals surface area (Å²) >= 11 is 0.968. The first-order valence-corrected chi connectivity index (χ1v) is 7.07. The zero-order valence-corrected chi connectivity index (χ0v) is 11.7. The molecule has 0 aliphatic rings. The van der Waals surface area contributed by atoms with E-state index < -0.39 is 11.1 Å². The minimum absolute atomic E-state index is 0.0115. The van der Waals surface area contributed by atoms with Gasteiger partial charge in [0.2, 0.25) is 0 Å². The van der Waals surface area contributed by atoms with Crippen LogP contribution in [-0.4, -0.2) is 9.91 Å². The first-order chi connectivity index (χ1) is 10.1. The van der Waals surface area contributed by atoms with Crippen molar-refractivity contribution in [1.29, 1.82) is 0 Å². The Balaban J connectivity index is 1.89. The summed E-state index contributed by atoms with van der Waals surface area (Å²) in [6.07, 6.45) is 0.741. The van der Waals surface area contributed by atoms with Crippen molar-refractivity contribution in [3.05, 3.63) is 64.3 Å². The Labute approximate surface area is 124 Å². The van der Waals surface area contributed by atoms with Crippen LogP contribution in [0.4, 0.5) is 10.1 Å². The lowest BCUT2D eigenvalue weighted by atomic mass is 10.0. The highest BCUT2D eigenvalue weighted by atomic mass is 32.1. The molecule has 106 valence electrons. The maximum absolute atomic E-state index is 10.7. The molecule has 1 atom stereocenters. The Morgan fingerprint density at radius 3 is 2.76 bits per heavy atom. The molecule has 0 radical (unpaired) electrons. The highest BCUT2D eigenvalue weighted by molar-refractivity contribution is 7.18. The zero-order chi connectivity index (χ0) is 14.8. The number of anilines is 1. The summed E-state index contributed by atoms with van der Waals surface area (Å²) in [7, 11) is 0. The monoisotopic (exact) mass is 300 g/mol. The van der Waals surface area contributed by atoms with Crippen LogP contribution in [0.3, 0.4) is 0 Å². The van der Waals surface area contributed by atoms with Gasteiger partial charge in [-0.25, -0.2) is 4.98 Å². The molecular weight excluding hydrogens is 288 g/mol. The van der Waals surface area contributed by atoms with E-state index in [2.05, 4.69) is 10.3 Å². The number of nitro groups is 1. The zero-order valence-electron chi connectivity index (χ0n) is 10.9. The smallest absolute Gasteiger partial charge is 0.342 e. The topological polar surface area (TPSA) is 94.1 Å². The fourth-order valence-electron chi connectivity index (χ4n) is 2.15. The van der Waals surface area contributed by atoms with Gasteiger partial charge in [0.1, 0.15) is 12.4 Å². The molecule has 0 saturated heterocycles. The normalized spacial score (nSPS) is 12.2. The molecule has 2 aromatic carbocycles. The average Bonchev–Trinajstić information content (AvgIpc) is 2.95. The van der Waals surface area contributed by atoms with E-state index in [0.717, 1.165) is 27.7 Å². The third kappa shape index (κ3) is 2.69. The van der Waals surface area contributed by atoms with Crippen LogP contribution in [0.5, 0.6) is 0 Å². The van der Waals surface area contributed by atoms with E-state index in [4.69, 9.17) is 5.73 Å². The molecule has 1 aromatic heterocycles. The summed E-state index contributed by atoms with van der Waals surface area (Å²) in [6.45, 7) is 0. The van der Waals surface area contributed by atoms with Gasteiger partial charge < -0.3 is 11.1 Å². The lowest BCUT2D eigenvalue weighted by molar-refractivity contribution is -0.380. The SMILES string of the molecule is NC(Nc1ncc([N+](=O)[O-])s1)c1cccc2ccccc12. The third-order valence-corrected chi connectivity index (χ3v) is 3.99. The van der Waals surface area contributed by atoms with Gasteiger partial charge in [-0.15, -0.1) is 0 Å². The van der Waals surface area contributed by atoms with Crippen LogP contribution in [0, 0.1) is 10.1 Å². The van der Waals surface area contributed by atoms with Gasteiger partial charge in [0.25, 0.3) is 0 Å². The summed E-state index contributed by atoms with van der Waals surface area (Å²) < 4.78 is 0. The van der Waals surface area contributed by atoms with Crippen molar-refractivity contribution < 1.29 is 4.92 Å². The van der Waals surface area contributed by atoms with Crippen LogP contribution < -0.4 is 11.1 Å². The fraction of sp³-hybridized carbons (Fsp3) is 0.0714. The Hall–Kier alpha value is -2.51. The van der Waals surface area contributed by atoms with E-state index in [9.17, 15) is 10.1 Å². The molecule has 0 aliphatic heterocycles. The lowest BCUT2D eigenvalue weighted by Gasteiger charge is -2.15. The second kappa shape index (κ2) is 5.47. The highest BCUT2D eigenvalue weighted by Crippen LogP contribution is 2.29. The molecule has 21 heavy (non-hydrogen) atoms. The molecule has 0 bridgehead atoms. The van der Waals surface area contributed by atoms with E-state index in [1.807, 2.05) is 42.5 Å². The molecule has 0 aliphatic carbocycles. The van der Waals surface area contributed by atoms with Gasteiger partial charge in [0, 0.05) is 0 Å². The number of fused-ring (bicyclic) bond motifs is 1. The van der Waals surface area contributed by atoms with Crippen LogP contribution in [0.15, 0.2) is 48.7 Å². The van der Waals surface area contributed by atoms with E-state index >= 15 is 0 Å². The summed E-state index contributed by atoms with van der Waals surface area (Å²) in [6, 6.07) is 13.8. The van der Waals surface area contributed by atoms with Gasteiger partial charge in [0.05, 0.1) is 4.92 Å². The highest BCUT2D eigenvalue weighted by Gasteiger charge is 2.15. The number of benzene rings is 2. The first kappa shape index (κ1) is 13.5. The van der Waals surface area contributed by atoms with Crippen molar-refractivity contribution in [2.45, 2.75) is 6.17 Å². The maximum Gasteiger partial charge on any atom is 0.345 e. The second-order valence-corrected chi connectivity index (χ2v) is 5.46. The molecule has 0 saturated carbocycles. The molecule has 7 heteroatoms. The molecule has 1 unspecified atom stereocenters. The van der Waals surface area contributed by atoms with Gasteiger partial charge in [-0.05, 0) is 27.7 Å². The Morgan fingerprint density at radius 2 is 2.00 bits per heavy atom. The number of nitrogens with one attached hydrogen (secondary N) is 1. The number of hydrogen-bond acceptors (Lipinski definition) is 6. The van der Waals surface area contributed by atoms with E-state index in [1.54, 1.807) is 0 Å². The molecule has 0 amide bonds. The van der Waals surface area contributed by atoms with Crippen molar-refractivity contribution in [1.82, 2.24) is 4.98 Å². The maximum atomic E-state index is 10.7. The predicted molar refractivity (Wildman–Crippen MR) is 83.3 cm³/mol. The van der Waals surface area contributed by atoms with E-state index in [-0.39, 0.29) is 5.00 Å². The van der Waals surface area contributed by atoms with Gasteiger partial charge in [-0.3, -0.25) is 10.1 Å². The van der Waals surface area contributed by atoms with Gasteiger partial charge in [-0.1, -0.05) is 42.5 Å². The van der Waals surface area contributed by atoms with Gasteiger partial charge in [-0.2, -0.15) is 0 Å². The molecule has 3 rings (SSSR count). The van der Waals surface area contributed by atoms with E-state index in [1.165, 1.54) is 6.20 Å². The molecule has 6 nitrogen and oxygen atoms in total. The van der Waals surface area contributed by atoms with Gasteiger partial charge >= 0.3 is 5.00 Å². The summed E-state index contributed by atoms with van der Waals surface area (Å²) in [5, 5.41) is 16.2. The lowest BCUT2D eigenvalue weighted by Crippen LogP contribution is -2.20. The van der Waals surface area contributed by atoms with Crippen molar-refractivity contribution in [3.8, 4) is 0 Å². The van der Waals surface area contributed by atoms with Crippen LogP contribution in [0.1, 0.15) is 11.7 Å². The summed E-state index contributed by atoms with van der Waals surface area (Å²) in [4.78, 5) is 14.2. The Morgan fingerprint density at radius 1 is 1.24 bits per heavy atom. The Bertz CT molecular complexity index is 797. The first-order valence-electron chi connectivity index (χ1n) is 6.25. The van der Waals surface area contributed by atoms with Crippen LogP contribution in [0.2, 0.25) is 0 Å². The second-order valence-electron chi connectivity index (χ2n) is 4.45. The molecule has 3 aromatic rings. The largest absolute Gasteiger partial charge is 0.345 e. The molecule has 3 N–H and O–H groups in total. The molecule has 1 heterocycles. The number of nitrogens with two attached hydrogens (primary N) is 1. The standard InChI is InChI=1S/C14H12N4O2S/c15-13(17-14-16-8-12(21-14)18(19)20)11-7-3-5-9-4-1-2-6-10(9)11/h1-8,13H,15H2,(H,16,17). The number of nitrogens with zero attached hydrogens (tertiary/aromatic N) is 2. The molecule has 0 fully saturated rings. The van der Waals surface area contributed by atoms with Crippen molar-refractivity contribution in [2.75, 3.05) is 5.32 Å². The predicted octanol–water partition coefficient (Wildman–Crippen LogP) is 3.27. The average molecular weight is 300 g/mol. The summed E-state index contributed by atoms with van der Waals surface area (Å²) in [5.41, 5.74) is 7.09. The van der Waals surface area contributed by atoms with E-state index in [0.29, 0.717) is 5.13 Å². The van der Waals surface area contributed by atoms with Crippen molar-refractivity contribution >= 4 is 32.2 Å². The number of aromatic nitrogens is 1.